The van der Waals surface area contributed by atoms with Gasteiger partial charge in [-0.3, -0.25) is 19.1 Å². The molecule has 0 N–H and O–H groups in total. The van der Waals surface area contributed by atoms with Gasteiger partial charge in [-0.15, -0.1) is 0 Å². The first-order valence-corrected chi connectivity index (χ1v) is 8.03. The Hall–Kier alpha value is -2.99. The molecular weight excluding hydrogens is 340 g/mol. The second kappa shape index (κ2) is 5.82. The fourth-order valence-corrected chi connectivity index (χ4v) is 3.11. The highest BCUT2D eigenvalue weighted by molar-refractivity contribution is 6.31. The zero-order valence-electron chi connectivity index (χ0n) is 13.3. The van der Waals surface area contributed by atoms with E-state index < -0.39 is 11.1 Å². The summed E-state index contributed by atoms with van der Waals surface area (Å²) in [5.74, 6) is 0.404. The number of benzene rings is 2. The fourth-order valence-electron chi connectivity index (χ4n) is 2.94. The van der Waals surface area contributed by atoms with Crippen molar-refractivity contribution in [3.8, 4) is 5.69 Å². The highest BCUT2D eigenvalue weighted by Crippen LogP contribution is 2.25. The van der Waals surface area contributed by atoms with Crippen LogP contribution in [0.15, 0.2) is 63.1 Å². The van der Waals surface area contributed by atoms with E-state index in [1.165, 1.54) is 11.6 Å². The summed E-state index contributed by atoms with van der Waals surface area (Å²) in [7, 11) is 1.46. The first kappa shape index (κ1) is 15.5. The molecule has 2 heterocycles. The van der Waals surface area contributed by atoms with E-state index in [1.54, 1.807) is 18.2 Å². The molecule has 0 bridgehead atoms. The minimum Gasteiger partial charge on any atom is -0.276 e. The summed E-state index contributed by atoms with van der Waals surface area (Å²) in [5, 5.41) is 4.73. The molecule has 0 atom stereocenters. The van der Waals surface area contributed by atoms with Crippen molar-refractivity contribution in [1.29, 1.82) is 0 Å². The van der Waals surface area contributed by atoms with E-state index in [4.69, 9.17) is 11.6 Å². The van der Waals surface area contributed by atoms with Gasteiger partial charge in [0.25, 0.3) is 0 Å². The van der Waals surface area contributed by atoms with Gasteiger partial charge in [-0.05, 0) is 18.2 Å². The number of aromatic nitrogens is 3. The average Bonchev–Trinajstić information content (AvgIpc) is 2.77. The van der Waals surface area contributed by atoms with E-state index in [0.29, 0.717) is 27.8 Å². The van der Waals surface area contributed by atoms with Crippen LogP contribution in [0.1, 0.15) is 17.0 Å². The third-order valence-electron chi connectivity index (χ3n) is 4.08. The zero-order chi connectivity index (χ0) is 17.6. The van der Waals surface area contributed by atoms with Crippen LogP contribution in [-0.2, 0) is 13.6 Å². The lowest BCUT2D eigenvalue weighted by Crippen LogP contribution is -2.42. The topological polar surface area (TPSA) is 69.2 Å². The summed E-state index contributed by atoms with van der Waals surface area (Å²) in [6.45, 7) is 0.180. The molecule has 6 nitrogen and oxygen atoms in total. The predicted octanol–water partition coefficient (Wildman–Crippen LogP) is 1.94. The van der Waals surface area contributed by atoms with Gasteiger partial charge in [0.2, 0.25) is 0 Å². The van der Waals surface area contributed by atoms with Crippen LogP contribution in [0.4, 0.5) is 0 Å². The Bertz CT molecular complexity index is 1130. The summed E-state index contributed by atoms with van der Waals surface area (Å²) < 4.78 is 2.38. The molecular formula is C18H13ClN4O2. The fraction of sp³-hybridized carbons (Fsp3) is 0.111. The van der Waals surface area contributed by atoms with Gasteiger partial charge in [0, 0.05) is 23.2 Å². The van der Waals surface area contributed by atoms with Crippen LogP contribution in [-0.4, -0.2) is 20.1 Å². The summed E-state index contributed by atoms with van der Waals surface area (Å²) in [6, 6.07) is 14.8. The number of hydrogen-bond donors (Lipinski definition) is 0. The number of aryl methyl sites for hydroxylation is 1. The van der Waals surface area contributed by atoms with E-state index in [2.05, 4.69) is 10.1 Å². The number of aliphatic imine (C=N–C) groups is 1. The van der Waals surface area contributed by atoms with Gasteiger partial charge >= 0.3 is 11.1 Å². The van der Waals surface area contributed by atoms with Crippen molar-refractivity contribution in [2.24, 2.45) is 12.0 Å². The second-order valence-electron chi connectivity index (χ2n) is 5.68. The summed E-state index contributed by atoms with van der Waals surface area (Å²) >= 11 is 6.18. The molecule has 0 unspecified atom stereocenters. The lowest BCUT2D eigenvalue weighted by atomic mass is 10.0. The normalized spacial score (nSPS) is 12.8. The van der Waals surface area contributed by atoms with Gasteiger partial charge < -0.3 is 0 Å². The van der Waals surface area contributed by atoms with Gasteiger partial charge in [0.1, 0.15) is 6.54 Å². The number of nitrogens with zero attached hydrogens (tertiary/aromatic N) is 4. The van der Waals surface area contributed by atoms with Gasteiger partial charge in [0.15, 0.2) is 5.82 Å². The molecule has 0 spiro atoms. The Labute approximate surface area is 147 Å². The van der Waals surface area contributed by atoms with Crippen molar-refractivity contribution >= 4 is 17.3 Å². The second-order valence-corrected chi connectivity index (χ2v) is 6.11. The maximum Gasteiger partial charge on any atom is 0.332 e. The summed E-state index contributed by atoms with van der Waals surface area (Å²) in [5.41, 5.74) is 1.51. The summed E-state index contributed by atoms with van der Waals surface area (Å²) in [6.07, 6.45) is 0. The largest absolute Gasteiger partial charge is 0.332 e. The molecule has 0 fully saturated rings. The molecule has 1 aromatic heterocycles. The molecule has 0 saturated carbocycles. The molecule has 1 aliphatic heterocycles. The van der Waals surface area contributed by atoms with Gasteiger partial charge in [-0.25, -0.2) is 4.68 Å². The van der Waals surface area contributed by atoms with E-state index in [9.17, 15) is 9.59 Å². The van der Waals surface area contributed by atoms with Crippen LogP contribution in [0.25, 0.3) is 5.69 Å². The van der Waals surface area contributed by atoms with Gasteiger partial charge in [-0.2, -0.15) is 5.10 Å². The van der Waals surface area contributed by atoms with Crippen molar-refractivity contribution in [3.63, 3.8) is 0 Å². The maximum absolute atomic E-state index is 12.6. The lowest BCUT2D eigenvalue weighted by molar-refractivity contribution is 0.611. The molecule has 7 heteroatoms. The third kappa shape index (κ3) is 2.51. The Kier molecular flexibility index (Phi) is 3.62. The number of halogens is 1. The van der Waals surface area contributed by atoms with Crippen molar-refractivity contribution in [2.75, 3.05) is 0 Å². The van der Waals surface area contributed by atoms with Gasteiger partial charge in [-0.1, -0.05) is 41.9 Å². The molecule has 4 rings (SSSR count). The van der Waals surface area contributed by atoms with Crippen molar-refractivity contribution in [1.82, 2.24) is 14.3 Å². The number of fused-ring (bicyclic) bond motifs is 3. The molecule has 0 aliphatic carbocycles. The van der Waals surface area contributed by atoms with Gasteiger partial charge in [0.05, 0.1) is 11.4 Å². The van der Waals surface area contributed by atoms with E-state index >= 15 is 0 Å². The van der Waals surface area contributed by atoms with Crippen LogP contribution in [0.2, 0.25) is 5.02 Å². The Morgan fingerprint density at radius 3 is 2.56 bits per heavy atom. The van der Waals surface area contributed by atoms with Crippen LogP contribution in [0.5, 0.6) is 0 Å². The summed E-state index contributed by atoms with van der Waals surface area (Å²) in [4.78, 5) is 29.3. The molecule has 3 aromatic rings. The quantitative estimate of drug-likeness (QED) is 0.628. The van der Waals surface area contributed by atoms with E-state index in [0.717, 1.165) is 10.2 Å². The molecule has 0 saturated heterocycles. The number of rotatable bonds is 1. The Morgan fingerprint density at radius 1 is 1.04 bits per heavy atom. The molecule has 0 amide bonds. The molecule has 124 valence electrons. The van der Waals surface area contributed by atoms with Crippen LogP contribution < -0.4 is 11.1 Å². The third-order valence-corrected chi connectivity index (χ3v) is 4.32. The molecule has 1 aliphatic rings. The Balaban J connectivity index is 2.09. The highest BCUT2D eigenvalue weighted by atomic mass is 35.5. The lowest BCUT2D eigenvalue weighted by Gasteiger charge is -2.13. The monoisotopic (exact) mass is 352 g/mol. The number of hydrogen-bond acceptors (Lipinski definition) is 4. The minimum atomic E-state index is -0.687. The van der Waals surface area contributed by atoms with Crippen LogP contribution in [0.3, 0.4) is 0 Å². The Morgan fingerprint density at radius 2 is 1.80 bits per heavy atom. The molecule has 2 aromatic carbocycles. The molecule has 25 heavy (non-hydrogen) atoms. The highest BCUT2D eigenvalue weighted by Gasteiger charge is 2.22. The van der Waals surface area contributed by atoms with E-state index in [1.807, 2.05) is 30.3 Å². The minimum absolute atomic E-state index is 0.180. The zero-order valence-corrected chi connectivity index (χ0v) is 14.1. The predicted molar refractivity (Wildman–Crippen MR) is 95.9 cm³/mol. The van der Waals surface area contributed by atoms with Crippen LogP contribution >= 0.6 is 11.6 Å². The van der Waals surface area contributed by atoms with Crippen molar-refractivity contribution in [2.45, 2.75) is 6.54 Å². The smallest absolute Gasteiger partial charge is 0.276 e. The first-order chi connectivity index (χ1) is 12.1. The maximum atomic E-state index is 12.6. The van der Waals surface area contributed by atoms with Crippen molar-refractivity contribution < 1.29 is 0 Å². The SMILES string of the molecule is Cn1nc2n(c(=O)c1=O)-c1ccc(Cl)cc1C(c1ccccc1)=NC2. The van der Waals surface area contributed by atoms with Crippen molar-refractivity contribution in [3.05, 3.63) is 91.2 Å². The van der Waals surface area contributed by atoms with E-state index in [-0.39, 0.29) is 6.54 Å². The first-order valence-electron chi connectivity index (χ1n) is 7.65. The average molecular weight is 353 g/mol. The van der Waals surface area contributed by atoms with Crippen LogP contribution in [0, 0.1) is 0 Å². The molecule has 0 radical (unpaired) electrons. The standard InChI is InChI=1S/C18H13ClN4O2/c1-22-17(24)18(25)23-14-8-7-12(19)9-13(14)16(20-10-15(23)21-22)11-5-3-2-4-6-11/h2-9H,10H2,1H3.